The fourth-order valence-corrected chi connectivity index (χ4v) is 0.899. The van der Waals surface area contributed by atoms with E-state index in [1.165, 1.54) is 18.4 Å². The lowest BCUT2D eigenvalue weighted by Gasteiger charge is -2.01. The summed E-state index contributed by atoms with van der Waals surface area (Å²) >= 11 is 0. The maximum Gasteiger partial charge on any atom is -0.0283 e. The van der Waals surface area contributed by atoms with Gasteiger partial charge in [-0.15, -0.1) is 6.58 Å². The molecule has 0 heteroatoms. The van der Waals surface area contributed by atoms with Crippen molar-refractivity contribution < 1.29 is 0 Å². The van der Waals surface area contributed by atoms with Crippen molar-refractivity contribution in [3.63, 3.8) is 0 Å². The van der Waals surface area contributed by atoms with E-state index in [-0.39, 0.29) is 0 Å². The van der Waals surface area contributed by atoms with Crippen LogP contribution in [0.4, 0.5) is 0 Å². The van der Waals surface area contributed by atoms with Gasteiger partial charge >= 0.3 is 0 Å². The van der Waals surface area contributed by atoms with Crippen LogP contribution in [0.1, 0.15) is 40.0 Å². The molecule has 0 amide bonds. The van der Waals surface area contributed by atoms with Crippen LogP contribution in [0.15, 0.2) is 23.8 Å². The van der Waals surface area contributed by atoms with Gasteiger partial charge in [-0.3, -0.25) is 0 Å². The molecule has 0 bridgehead atoms. The van der Waals surface area contributed by atoms with Gasteiger partial charge in [0.15, 0.2) is 0 Å². The van der Waals surface area contributed by atoms with Crippen LogP contribution in [0.2, 0.25) is 0 Å². The van der Waals surface area contributed by atoms with Gasteiger partial charge in [-0.05, 0) is 33.1 Å². The van der Waals surface area contributed by atoms with Gasteiger partial charge in [0.1, 0.15) is 0 Å². The minimum absolute atomic E-state index is 1.15. The largest absolute Gasteiger partial charge is 0.100 e. The van der Waals surface area contributed by atoms with E-state index in [2.05, 4.69) is 33.4 Å². The molecular weight excluding hydrogens is 120 g/mol. The summed E-state index contributed by atoms with van der Waals surface area (Å²) in [5, 5.41) is 0. The summed E-state index contributed by atoms with van der Waals surface area (Å²) in [7, 11) is 0. The smallest absolute Gasteiger partial charge is 0.0283 e. The Balaban J connectivity index is 3.56. The molecule has 0 radical (unpaired) electrons. The molecule has 0 saturated heterocycles. The average molecular weight is 138 g/mol. The Bertz CT molecular complexity index is 129. The van der Waals surface area contributed by atoms with E-state index >= 15 is 0 Å². The fraction of sp³-hybridized carbons (Fsp3) is 0.600. The van der Waals surface area contributed by atoms with Crippen molar-refractivity contribution in [3.05, 3.63) is 23.8 Å². The van der Waals surface area contributed by atoms with Gasteiger partial charge in [0.05, 0.1) is 0 Å². The fourth-order valence-electron chi connectivity index (χ4n) is 0.899. The van der Waals surface area contributed by atoms with E-state index in [1.807, 2.05) is 0 Å². The van der Waals surface area contributed by atoms with Crippen molar-refractivity contribution in [1.82, 2.24) is 0 Å². The summed E-state index contributed by atoms with van der Waals surface area (Å²) in [6.45, 7) is 10.3. The highest BCUT2D eigenvalue weighted by Crippen LogP contribution is 2.12. The van der Waals surface area contributed by atoms with Gasteiger partial charge < -0.3 is 0 Å². The van der Waals surface area contributed by atoms with Crippen molar-refractivity contribution in [3.8, 4) is 0 Å². The number of rotatable bonds is 4. The first-order valence-electron chi connectivity index (χ1n) is 3.99. The van der Waals surface area contributed by atoms with Crippen LogP contribution in [0.25, 0.3) is 0 Å². The minimum atomic E-state index is 1.15. The Hall–Kier alpha value is -0.520. The van der Waals surface area contributed by atoms with Crippen molar-refractivity contribution in [1.29, 1.82) is 0 Å². The highest BCUT2D eigenvalue weighted by molar-refractivity contribution is 5.03. The van der Waals surface area contributed by atoms with Crippen LogP contribution >= 0.6 is 0 Å². The quantitative estimate of drug-likeness (QED) is 0.520. The second kappa shape index (κ2) is 5.28. The van der Waals surface area contributed by atoms with E-state index in [4.69, 9.17) is 0 Å². The first-order valence-corrected chi connectivity index (χ1v) is 3.99. The molecule has 0 nitrogen and oxygen atoms in total. The first kappa shape index (κ1) is 9.48. The lowest BCUT2D eigenvalue weighted by Crippen LogP contribution is -1.81. The summed E-state index contributed by atoms with van der Waals surface area (Å²) in [5.41, 5.74) is 2.83. The normalized spacial score (nSPS) is 11.7. The summed E-state index contributed by atoms with van der Waals surface area (Å²) in [4.78, 5) is 0. The highest BCUT2D eigenvalue weighted by atomic mass is 14.0. The van der Waals surface area contributed by atoms with E-state index in [0.717, 1.165) is 6.42 Å². The lowest BCUT2D eigenvalue weighted by atomic mass is 10.0. The average Bonchev–Trinajstić information content (AvgIpc) is 1.90. The van der Waals surface area contributed by atoms with Gasteiger partial charge in [0.25, 0.3) is 0 Å². The second-order valence-electron chi connectivity index (χ2n) is 2.76. The Kier molecular flexibility index (Phi) is 5.00. The molecule has 0 aromatic heterocycles. The number of hydrogen-bond acceptors (Lipinski definition) is 0. The van der Waals surface area contributed by atoms with Gasteiger partial charge in [0.2, 0.25) is 0 Å². The molecule has 0 aromatic carbocycles. The van der Waals surface area contributed by atoms with Crippen LogP contribution in [-0.2, 0) is 0 Å². The standard InChI is InChI=1S/C10H18/c1-5-10(6-2)8-7-9(3)4/h5H,3,6-8H2,1-2,4H3. The van der Waals surface area contributed by atoms with E-state index in [9.17, 15) is 0 Å². The summed E-state index contributed by atoms with van der Waals surface area (Å²) in [5.74, 6) is 0. The van der Waals surface area contributed by atoms with E-state index in [1.54, 1.807) is 5.57 Å². The summed E-state index contributed by atoms with van der Waals surface area (Å²) in [6.07, 6.45) is 5.74. The molecular formula is C10H18. The Morgan fingerprint density at radius 1 is 1.40 bits per heavy atom. The van der Waals surface area contributed by atoms with Gasteiger partial charge in [0, 0.05) is 0 Å². The van der Waals surface area contributed by atoms with E-state index in [0.29, 0.717) is 0 Å². The molecule has 0 fully saturated rings. The predicted octanol–water partition coefficient (Wildman–Crippen LogP) is 3.70. The minimum Gasteiger partial charge on any atom is -0.100 e. The lowest BCUT2D eigenvalue weighted by molar-refractivity contribution is 0.874. The molecule has 0 rings (SSSR count). The molecule has 0 aliphatic carbocycles. The molecule has 0 atom stereocenters. The monoisotopic (exact) mass is 138 g/mol. The molecule has 58 valence electrons. The second-order valence-corrected chi connectivity index (χ2v) is 2.76. The van der Waals surface area contributed by atoms with Crippen LogP contribution in [0.3, 0.4) is 0 Å². The SMILES string of the molecule is C=C(C)CCC(=CC)CC. The van der Waals surface area contributed by atoms with Crippen LogP contribution < -0.4 is 0 Å². The molecule has 0 unspecified atom stereocenters. The molecule has 0 aliphatic rings. The van der Waals surface area contributed by atoms with Crippen molar-refractivity contribution in [2.75, 3.05) is 0 Å². The zero-order valence-electron chi connectivity index (χ0n) is 7.41. The third-order valence-corrected chi connectivity index (χ3v) is 1.74. The van der Waals surface area contributed by atoms with Crippen molar-refractivity contribution >= 4 is 0 Å². The molecule has 0 aliphatic heterocycles. The van der Waals surface area contributed by atoms with E-state index < -0.39 is 0 Å². The molecule has 0 heterocycles. The highest BCUT2D eigenvalue weighted by Gasteiger charge is 1.92. The van der Waals surface area contributed by atoms with Crippen LogP contribution in [0, 0.1) is 0 Å². The number of allylic oxidation sites excluding steroid dienone is 3. The van der Waals surface area contributed by atoms with Crippen LogP contribution in [-0.4, -0.2) is 0 Å². The third kappa shape index (κ3) is 4.37. The summed E-state index contributed by atoms with van der Waals surface area (Å²) < 4.78 is 0. The molecule has 0 spiro atoms. The van der Waals surface area contributed by atoms with Crippen molar-refractivity contribution in [2.45, 2.75) is 40.0 Å². The number of hydrogen-bond donors (Lipinski definition) is 0. The van der Waals surface area contributed by atoms with Gasteiger partial charge in [-0.1, -0.05) is 24.1 Å². The molecule has 0 aromatic rings. The Labute approximate surface area is 64.6 Å². The zero-order chi connectivity index (χ0) is 7.98. The molecule has 0 N–H and O–H groups in total. The summed E-state index contributed by atoms with van der Waals surface area (Å²) in [6, 6.07) is 0. The zero-order valence-corrected chi connectivity index (χ0v) is 7.41. The Morgan fingerprint density at radius 2 is 2.00 bits per heavy atom. The van der Waals surface area contributed by atoms with Gasteiger partial charge in [-0.2, -0.15) is 0 Å². The maximum atomic E-state index is 3.87. The third-order valence-electron chi connectivity index (χ3n) is 1.74. The van der Waals surface area contributed by atoms with Gasteiger partial charge in [-0.25, -0.2) is 0 Å². The first-order chi connectivity index (χ1) is 4.70. The predicted molar refractivity (Wildman–Crippen MR) is 48.1 cm³/mol. The van der Waals surface area contributed by atoms with Crippen LogP contribution in [0.5, 0.6) is 0 Å². The maximum absolute atomic E-state index is 3.87. The molecule has 0 saturated carbocycles. The topological polar surface area (TPSA) is 0 Å². The molecule has 10 heavy (non-hydrogen) atoms. The Morgan fingerprint density at radius 3 is 2.30 bits per heavy atom. The van der Waals surface area contributed by atoms with Crippen molar-refractivity contribution in [2.24, 2.45) is 0 Å².